The Morgan fingerprint density at radius 2 is 1.70 bits per heavy atom. The lowest BCUT2D eigenvalue weighted by molar-refractivity contribution is -0.140. The Morgan fingerprint density at radius 3 is 2.30 bits per heavy atom. The minimum absolute atomic E-state index is 0.254. The van der Waals surface area contributed by atoms with E-state index in [9.17, 15) is 4.79 Å². The van der Waals surface area contributed by atoms with Crippen molar-refractivity contribution in [1.29, 1.82) is 0 Å². The standard InChI is InChI=1S/C21H29N4O2/c1-6-24(14-15-27-17(2)26)20-12-10-18(11-13-20)22-23-19-8-7-9-21(16-19)25(3,4)5/h7-13,16H,6,14-15H2,1-5H3/q+1. The molecular formula is C21H29N4O2+. The average Bonchev–Trinajstić information content (AvgIpc) is 2.63. The van der Waals surface area contributed by atoms with Crippen LogP contribution in [0.1, 0.15) is 13.8 Å². The molecule has 2 rings (SSSR count). The minimum Gasteiger partial charge on any atom is -0.464 e. The second-order valence-electron chi connectivity index (χ2n) is 7.17. The zero-order valence-corrected chi connectivity index (χ0v) is 16.8. The molecule has 27 heavy (non-hydrogen) atoms. The summed E-state index contributed by atoms with van der Waals surface area (Å²) in [5.41, 5.74) is 3.87. The Hall–Kier alpha value is -2.73. The van der Waals surface area contributed by atoms with E-state index in [0.717, 1.165) is 28.1 Å². The van der Waals surface area contributed by atoms with Crippen LogP contribution in [0.4, 0.5) is 22.7 Å². The van der Waals surface area contributed by atoms with Crippen LogP contribution < -0.4 is 9.38 Å². The van der Waals surface area contributed by atoms with Gasteiger partial charge in [-0.2, -0.15) is 10.2 Å². The van der Waals surface area contributed by atoms with Crippen molar-refractivity contribution < 1.29 is 9.53 Å². The molecule has 0 saturated heterocycles. The molecule has 2 aromatic carbocycles. The zero-order valence-electron chi connectivity index (χ0n) is 16.8. The first-order valence-electron chi connectivity index (χ1n) is 9.12. The normalized spacial score (nSPS) is 11.6. The summed E-state index contributed by atoms with van der Waals surface area (Å²) >= 11 is 0. The highest BCUT2D eigenvalue weighted by atomic mass is 16.5. The van der Waals surface area contributed by atoms with Crippen molar-refractivity contribution in [1.82, 2.24) is 4.48 Å². The topological polar surface area (TPSA) is 54.3 Å². The summed E-state index contributed by atoms with van der Waals surface area (Å²) in [6.45, 7) is 5.37. The van der Waals surface area contributed by atoms with Crippen LogP contribution in [-0.4, -0.2) is 46.8 Å². The van der Waals surface area contributed by atoms with Gasteiger partial charge < -0.3 is 9.64 Å². The van der Waals surface area contributed by atoms with E-state index in [0.29, 0.717) is 13.2 Å². The summed E-state index contributed by atoms with van der Waals surface area (Å²) in [4.78, 5) is 13.0. The van der Waals surface area contributed by atoms with E-state index in [1.165, 1.54) is 12.6 Å². The number of ether oxygens (including phenoxy) is 1. The monoisotopic (exact) mass is 369 g/mol. The molecule has 0 spiro atoms. The van der Waals surface area contributed by atoms with E-state index in [2.05, 4.69) is 49.3 Å². The molecular weight excluding hydrogens is 340 g/mol. The first-order chi connectivity index (χ1) is 12.8. The number of benzene rings is 2. The summed E-state index contributed by atoms with van der Waals surface area (Å²) in [7, 11) is 6.36. The van der Waals surface area contributed by atoms with Crippen LogP contribution in [-0.2, 0) is 9.53 Å². The third kappa shape index (κ3) is 6.49. The molecule has 0 aliphatic rings. The molecule has 0 amide bonds. The second-order valence-corrected chi connectivity index (χ2v) is 7.17. The average molecular weight is 369 g/mol. The number of nitrogens with zero attached hydrogens (tertiary/aromatic N) is 4. The Kier molecular flexibility index (Phi) is 7.07. The van der Waals surface area contributed by atoms with E-state index in [1.54, 1.807) is 0 Å². The van der Waals surface area contributed by atoms with Gasteiger partial charge in [0, 0.05) is 25.2 Å². The smallest absolute Gasteiger partial charge is 0.302 e. The molecule has 2 aromatic rings. The Labute approximate surface area is 161 Å². The van der Waals surface area contributed by atoms with Gasteiger partial charge in [-0.15, -0.1) is 0 Å². The third-order valence-electron chi connectivity index (χ3n) is 4.15. The fourth-order valence-corrected chi connectivity index (χ4v) is 2.59. The van der Waals surface area contributed by atoms with Crippen molar-refractivity contribution >= 4 is 28.7 Å². The molecule has 0 heterocycles. The van der Waals surface area contributed by atoms with E-state index in [1.807, 2.05) is 42.5 Å². The number of carbonyl (C=O) groups excluding carboxylic acids is 1. The quantitative estimate of drug-likeness (QED) is 0.385. The number of anilines is 1. The van der Waals surface area contributed by atoms with Crippen molar-refractivity contribution in [3.63, 3.8) is 0 Å². The van der Waals surface area contributed by atoms with Crippen LogP contribution in [0.2, 0.25) is 0 Å². The van der Waals surface area contributed by atoms with Crippen LogP contribution in [0.25, 0.3) is 0 Å². The maximum atomic E-state index is 10.9. The first-order valence-corrected chi connectivity index (χ1v) is 9.12. The molecule has 0 aliphatic heterocycles. The lowest BCUT2D eigenvalue weighted by Crippen LogP contribution is -2.34. The van der Waals surface area contributed by atoms with Gasteiger partial charge >= 0.3 is 5.97 Å². The van der Waals surface area contributed by atoms with E-state index < -0.39 is 0 Å². The van der Waals surface area contributed by atoms with Crippen molar-refractivity contribution in [3.05, 3.63) is 48.5 Å². The number of hydrogen-bond donors (Lipinski definition) is 0. The van der Waals surface area contributed by atoms with Crippen molar-refractivity contribution in [3.8, 4) is 0 Å². The Morgan fingerprint density at radius 1 is 1.04 bits per heavy atom. The third-order valence-corrected chi connectivity index (χ3v) is 4.15. The molecule has 144 valence electrons. The maximum absolute atomic E-state index is 10.9. The van der Waals surface area contributed by atoms with E-state index in [4.69, 9.17) is 4.74 Å². The number of quaternary nitrogens is 1. The fraction of sp³-hybridized carbons (Fsp3) is 0.381. The highest BCUT2D eigenvalue weighted by molar-refractivity contribution is 5.66. The van der Waals surface area contributed by atoms with Crippen LogP contribution in [0, 0.1) is 0 Å². The van der Waals surface area contributed by atoms with Crippen LogP contribution in [0.15, 0.2) is 58.8 Å². The van der Waals surface area contributed by atoms with Crippen molar-refractivity contribution in [2.45, 2.75) is 13.8 Å². The molecule has 0 radical (unpaired) electrons. The number of carbonyl (C=O) groups is 1. The highest BCUT2D eigenvalue weighted by Gasteiger charge is 2.11. The van der Waals surface area contributed by atoms with Gasteiger partial charge in [0.1, 0.15) is 12.3 Å². The number of hydrogen-bond acceptors (Lipinski definition) is 5. The van der Waals surface area contributed by atoms with Crippen LogP contribution >= 0.6 is 0 Å². The summed E-state index contributed by atoms with van der Waals surface area (Å²) in [5, 5.41) is 8.70. The summed E-state index contributed by atoms with van der Waals surface area (Å²) in [5.74, 6) is -0.254. The molecule has 0 saturated carbocycles. The summed E-state index contributed by atoms with van der Waals surface area (Å²) < 4.78 is 5.76. The fourth-order valence-electron chi connectivity index (χ4n) is 2.59. The first kappa shape index (κ1) is 20.6. The highest BCUT2D eigenvalue weighted by Crippen LogP contribution is 2.26. The van der Waals surface area contributed by atoms with Crippen molar-refractivity contribution in [2.24, 2.45) is 10.2 Å². The predicted molar refractivity (Wildman–Crippen MR) is 111 cm³/mol. The van der Waals surface area contributed by atoms with Gasteiger partial charge in [0.15, 0.2) is 0 Å². The van der Waals surface area contributed by atoms with Gasteiger partial charge in [0.2, 0.25) is 0 Å². The summed E-state index contributed by atoms with van der Waals surface area (Å²) in [6, 6.07) is 16.0. The molecule has 0 bridgehead atoms. The number of azo groups is 1. The molecule has 0 N–H and O–H groups in total. The molecule has 0 atom stereocenters. The second kappa shape index (κ2) is 9.28. The van der Waals surface area contributed by atoms with Crippen molar-refractivity contribution in [2.75, 3.05) is 45.7 Å². The summed E-state index contributed by atoms with van der Waals surface area (Å²) in [6.07, 6.45) is 0. The van der Waals surface area contributed by atoms with Crippen LogP contribution in [0.5, 0.6) is 0 Å². The largest absolute Gasteiger partial charge is 0.464 e. The van der Waals surface area contributed by atoms with Gasteiger partial charge in [0.25, 0.3) is 0 Å². The molecule has 6 nitrogen and oxygen atoms in total. The zero-order chi connectivity index (χ0) is 19.9. The van der Waals surface area contributed by atoms with Gasteiger partial charge in [-0.05, 0) is 43.3 Å². The van der Waals surface area contributed by atoms with Crippen LogP contribution in [0.3, 0.4) is 0 Å². The van der Waals surface area contributed by atoms with Gasteiger partial charge in [0.05, 0.1) is 39.1 Å². The molecule has 0 aromatic heterocycles. The lowest BCUT2D eigenvalue weighted by atomic mass is 10.2. The SMILES string of the molecule is CCN(CCOC(C)=O)c1ccc(N=Nc2cccc([N+](C)(C)C)c2)cc1. The minimum atomic E-state index is -0.254. The molecule has 6 heteroatoms. The number of esters is 1. The van der Waals surface area contributed by atoms with Gasteiger partial charge in [-0.3, -0.25) is 9.28 Å². The molecule has 0 aliphatic carbocycles. The number of rotatable bonds is 8. The van der Waals surface area contributed by atoms with E-state index in [-0.39, 0.29) is 5.97 Å². The van der Waals surface area contributed by atoms with E-state index >= 15 is 0 Å². The number of likely N-dealkylation sites (N-methyl/N-ethyl adjacent to an activating group) is 1. The Bertz CT molecular complexity index is 780. The lowest BCUT2D eigenvalue weighted by Gasteiger charge is -2.23. The molecule has 0 unspecified atom stereocenters. The molecule has 0 fully saturated rings. The van der Waals surface area contributed by atoms with Gasteiger partial charge in [-0.1, -0.05) is 6.07 Å². The maximum Gasteiger partial charge on any atom is 0.302 e. The Balaban J connectivity index is 2.04. The predicted octanol–water partition coefficient (Wildman–Crippen LogP) is 4.69. The van der Waals surface area contributed by atoms with Gasteiger partial charge in [-0.25, -0.2) is 0 Å².